The van der Waals surface area contributed by atoms with Gasteiger partial charge in [0.05, 0.1) is 28.3 Å². The van der Waals surface area contributed by atoms with Gasteiger partial charge >= 0.3 is 0 Å². The Morgan fingerprint density at radius 2 is 0.965 bits per heavy atom. The number of rotatable bonds is 4. The van der Waals surface area contributed by atoms with Crippen molar-refractivity contribution in [3.8, 4) is 33.9 Å². The topological polar surface area (TPSA) is 48.8 Å². The predicted molar refractivity (Wildman–Crippen MR) is 235 cm³/mol. The Balaban J connectivity index is 1.05. The fraction of sp³-hybridized carbons (Fsp3) is 0. The lowest BCUT2D eigenvalue weighted by molar-refractivity contribution is 0.669. The zero-order chi connectivity index (χ0) is 37.2. The summed E-state index contributed by atoms with van der Waals surface area (Å²) in [4.78, 5) is 10.0. The molecule has 9 aromatic carbocycles. The average Bonchev–Trinajstić information content (AvgIpc) is 3.94. The Kier molecular flexibility index (Phi) is 6.10. The molecule has 0 bridgehead atoms. The molecule has 0 fully saturated rings. The number of fused-ring (bicyclic) bond motifs is 9. The van der Waals surface area contributed by atoms with Crippen molar-refractivity contribution >= 4 is 87.2 Å². The molecular formula is C52H30N4O. The van der Waals surface area contributed by atoms with E-state index in [2.05, 4.69) is 167 Å². The lowest BCUT2D eigenvalue weighted by Gasteiger charge is -2.11. The zero-order valence-corrected chi connectivity index (χ0v) is 30.5. The summed E-state index contributed by atoms with van der Waals surface area (Å²) in [5, 5.41) is 10.8. The molecule has 0 aliphatic rings. The van der Waals surface area contributed by atoms with Gasteiger partial charge in [-0.15, -0.1) is 0 Å². The maximum absolute atomic E-state index is 6.32. The van der Waals surface area contributed by atoms with Gasteiger partial charge in [0.2, 0.25) is 0 Å². The number of aromatic nitrogens is 4. The summed E-state index contributed by atoms with van der Waals surface area (Å²) in [6, 6.07) is 62.9. The van der Waals surface area contributed by atoms with Crippen LogP contribution in [0, 0.1) is 0 Å². The number of hydrogen-bond acceptors (Lipinski definition) is 3. The molecule has 264 valence electrons. The number of furan rings is 1. The smallest absolute Gasteiger partial charge is 0.159 e. The first kappa shape index (κ1) is 30.6. The van der Waals surface area contributed by atoms with E-state index in [1.807, 2.05) is 24.4 Å². The Hall–Kier alpha value is -7.76. The summed E-state index contributed by atoms with van der Waals surface area (Å²) in [5.74, 6) is 0.723. The van der Waals surface area contributed by atoms with Crippen molar-refractivity contribution in [2.45, 2.75) is 0 Å². The summed E-state index contributed by atoms with van der Waals surface area (Å²) in [6.45, 7) is 0. The van der Waals surface area contributed by atoms with Crippen molar-refractivity contribution in [3.05, 3.63) is 182 Å². The Morgan fingerprint density at radius 1 is 0.368 bits per heavy atom. The van der Waals surface area contributed by atoms with Gasteiger partial charge in [-0.3, -0.25) is 0 Å². The van der Waals surface area contributed by atoms with E-state index in [0.29, 0.717) is 0 Å². The highest BCUT2D eigenvalue weighted by Gasteiger charge is 2.20. The van der Waals surface area contributed by atoms with Crippen LogP contribution in [0.5, 0.6) is 0 Å². The highest BCUT2D eigenvalue weighted by atomic mass is 16.3. The van der Waals surface area contributed by atoms with E-state index < -0.39 is 0 Å². The van der Waals surface area contributed by atoms with Crippen LogP contribution in [0.1, 0.15) is 0 Å². The average molecular weight is 727 g/mol. The molecule has 0 amide bonds. The molecular weight excluding hydrogens is 697 g/mol. The fourth-order valence-corrected chi connectivity index (χ4v) is 9.42. The van der Waals surface area contributed by atoms with Crippen LogP contribution in [0.2, 0.25) is 0 Å². The Bertz CT molecular complexity index is 3740. The Morgan fingerprint density at radius 3 is 1.75 bits per heavy atom. The van der Waals surface area contributed by atoms with Gasteiger partial charge in [0.15, 0.2) is 5.82 Å². The Labute approximate surface area is 325 Å². The van der Waals surface area contributed by atoms with E-state index in [9.17, 15) is 0 Å². The van der Waals surface area contributed by atoms with Crippen LogP contribution < -0.4 is 0 Å². The SMILES string of the molecule is c1ccc(-c2ncc3c(n2)c2ccccc2n3-c2ccc3c(c2)c2cc(-c4ccc5c(c4)c4cccc6oc7cccc5c7c64)ccc2n3-c2ccccc2)cc1. The third kappa shape index (κ3) is 4.28. The molecule has 4 aromatic heterocycles. The normalized spacial score (nSPS) is 12.2. The highest BCUT2D eigenvalue weighted by Crippen LogP contribution is 2.44. The second-order valence-corrected chi connectivity index (χ2v) is 15.0. The second-order valence-electron chi connectivity index (χ2n) is 15.0. The van der Waals surface area contributed by atoms with Crippen molar-refractivity contribution in [2.24, 2.45) is 0 Å². The number of hydrogen-bond donors (Lipinski definition) is 0. The summed E-state index contributed by atoms with van der Waals surface area (Å²) >= 11 is 0. The van der Waals surface area contributed by atoms with Gasteiger partial charge in [-0.25, -0.2) is 9.97 Å². The van der Waals surface area contributed by atoms with Crippen molar-refractivity contribution < 1.29 is 4.42 Å². The first-order chi connectivity index (χ1) is 28.3. The van der Waals surface area contributed by atoms with E-state index in [1.165, 1.54) is 54.2 Å². The van der Waals surface area contributed by atoms with E-state index in [4.69, 9.17) is 14.4 Å². The monoisotopic (exact) mass is 726 g/mol. The molecule has 5 nitrogen and oxygen atoms in total. The fourth-order valence-electron chi connectivity index (χ4n) is 9.42. The van der Waals surface area contributed by atoms with E-state index in [0.717, 1.165) is 66.9 Å². The first-order valence-electron chi connectivity index (χ1n) is 19.3. The van der Waals surface area contributed by atoms with Crippen LogP contribution in [-0.2, 0) is 0 Å². The predicted octanol–water partition coefficient (Wildman–Crippen LogP) is 13.6. The van der Waals surface area contributed by atoms with Crippen LogP contribution in [0.3, 0.4) is 0 Å². The minimum atomic E-state index is 0.723. The first-order valence-corrected chi connectivity index (χ1v) is 19.3. The molecule has 0 unspecified atom stereocenters. The maximum Gasteiger partial charge on any atom is 0.159 e. The molecule has 0 aliphatic heterocycles. The minimum Gasteiger partial charge on any atom is -0.456 e. The number of benzene rings is 9. The molecule has 13 aromatic rings. The van der Waals surface area contributed by atoms with Crippen LogP contribution in [0.4, 0.5) is 0 Å². The van der Waals surface area contributed by atoms with Gasteiger partial charge < -0.3 is 13.6 Å². The molecule has 0 atom stereocenters. The molecule has 5 heteroatoms. The molecule has 0 saturated heterocycles. The van der Waals surface area contributed by atoms with Crippen molar-refractivity contribution in [3.63, 3.8) is 0 Å². The van der Waals surface area contributed by atoms with Crippen LogP contribution in [0.15, 0.2) is 187 Å². The van der Waals surface area contributed by atoms with E-state index >= 15 is 0 Å². The van der Waals surface area contributed by atoms with Gasteiger partial charge in [-0.05, 0) is 99.4 Å². The number of para-hydroxylation sites is 2. The standard InChI is InChI=1S/C52H30N4O/c1-3-11-31(12-4-1)52-53-30-46-51(54-52)39-15-7-8-18-43(39)56(46)35-23-26-45-42(29-35)41-28-33(22-25-44(41)55(45)34-13-5-2-6-14-34)32-21-24-36-37-16-9-19-47-49(37)50-38(40(36)27-32)17-10-20-48(50)57-47/h1-30H. The maximum atomic E-state index is 6.32. The summed E-state index contributed by atoms with van der Waals surface area (Å²) in [5.41, 5.74) is 12.7. The molecule has 57 heavy (non-hydrogen) atoms. The van der Waals surface area contributed by atoms with Gasteiger partial charge in [0.25, 0.3) is 0 Å². The molecule has 0 N–H and O–H groups in total. The minimum absolute atomic E-state index is 0.723. The van der Waals surface area contributed by atoms with Gasteiger partial charge in [0, 0.05) is 43.9 Å². The van der Waals surface area contributed by atoms with Crippen molar-refractivity contribution in [2.75, 3.05) is 0 Å². The third-order valence-corrected chi connectivity index (χ3v) is 11.9. The van der Waals surface area contributed by atoms with Crippen molar-refractivity contribution in [1.29, 1.82) is 0 Å². The molecule has 13 rings (SSSR count). The molecule has 0 aliphatic carbocycles. The second kappa shape index (κ2) is 11.4. The molecule has 0 spiro atoms. The van der Waals surface area contributed by atoms with Gasteiger partial charge in [-0.2, -0.15) is 0 Å². The van der Waals surface area contributed by atoms with E-state index in [1.54, 1.807) is 0 Å². The molecule has 4 heterocycles. The summed E-state index contributed by atoms with van der Waals surface area (Å²) in [6.07, 6.45) is 1.98. The number of nitrogens with zero attached hydrogens (tertiary/aromatic N) is 4. The van der Waals surface area contributed by atoms with E-state index in [-0.39, 0.29) is 0 Å². The lowest BCUT2D eigenvalue weighted by Crippen LogP contribution is -1.96. The largest absolute Gasteiger partial charge is 0.456 e. The van der Waals surface area contributed by atoms with Gasteiger partial charge in [-0.1, -0.05) is 109 Å². The lowest BCUT2D eigenvalue weighted by atomic mass is 9.92. The summed E-state index contributed by atoms with van der Waals surface area (Å²) < 4.78 is 11.0. The van der Waals surface area contributed by atoms with Crippen LogP contribution >= 0.6 is 0 Å². The van der Waals surface area contributed by atoms with Gasteiger partial charge in [0.1, 0.15) is 16.7 Å². The third-order valence-electron chi connectivity index (χ3n) is 11.9. The molecule has 0 radical (unpaired) electrons. The summed E-state index contributed by atoms with van der Waals surface area (Å²) in [7, 11) is 0. The quantitative estimate of drug-likeness (QED) is 0.170. The van der Waals surface area contributed by atoms with Crippen LogP contribution in [0.25, 0.3) is 121 Å². The highest BCUT2D eigenvalue weighted by molar-refractivity contribution is 6.33. The zero-order valence-electron chi connectivity index (χ0n) is 30.5. The van der Waals surface area contributed by atoms with Crippen molar-refractivity contribution in [1.82, 2.24) is 19.1 Å². The molecule has 0 saturated carbocycles. The van der Waals surface area contributed by atoms with Crippen LogP contribution in [-0.4, -0.2) is 19.1 Å².